The Kier molecular flexibility index (Phi) is 5.16. The molecule has 8 heteroatoms. The molecule has 1 saturated heterocycles. The van der Waals surface area contributed by atoms with Crippen molar-refractivity contribution in [2.45, 2.75) is 30.8 Å². The first-order valence-corrected chi connectivity index (χ1v) is 9.53. The van der Waals surface area contributed by atoms with Crippen molar-refractivity contribution in [3.8, 4) is 5.75 Å². The minimum Gasteiger partial charge on any atom is -0.477 e. The molecule has 4 rings (SSSR count). The van der Waals surface area contributed by atoms with Crippen LogP contribution < -0.4 is 10.1 Å². The third-order valence-corrected chi connectivity index (χ3v) is 5.33. The monoisotopic (exact) mass is 395 g/mol. The summed E-state index contributed by atoms with van der Waals surface area (Å²) in [6, 6.07) is 15.9. The van der Waals surface area contributed by atoms with Gasteiger partial charge in [-0.05, 0) is 18.1 Å². The predicted octanol–water partition coefficient (Wildman–Crippen LogP) is 2.25. The average molecular weight is 395 g/mol. The number of nitrogens with zero attached hydrogens (tertiary/aromatic N) is 2. The second-order valence-electron chi connectivity index (χ2n) is 7.35. The number of carbonyl (C=O) groups excluding carboxylic acids is 2. The Morgan fingerprint density at radius 2 is 1.90 bits per heavy atom. The second-order valence-corrected chi connectivity index (χ2v) is 7.35. The second kappa shape index (κ2) is 7.90. The molecule has 1 heterocycles. The van der Waals surface area contributed by atoms with E-state index in [1.807, 2.05) is 23.1 Å². The van der Waals surface area contributed by atoms with E-state index in [4.69, 9.17) is 4.74 Å². The van der Waals surface area contributed by atoms with Crippen LogP contribution in [-0.2, 0) is 9.59 Å². The first kappa shape index (κ1) is 18.9. The van der Waals surface area contributed by atoms with Crippen molar-refractivity contribution < 1.29 is 19.2 Å². The minimum absolute atomic E-state index is 0.0401. The lowest BCUT2D eigenvalue weighted by molar-refractivity contribution is -0.385. The zero-order chi connectivity index (χ0) is 20.4. The molecule has 2 fully saturated rings. The minimum atomic E-state index is -0.556. The van der Waals surface area contributed by atoms with E-state index in [-0.39, 0.29) is 42.5 Å². The van der Waals surface area contributed by atoms with Gasteiger partial charge in [0, 0.05) is 31.0 Å². The molecule has 1 aliphatic carbocycles. The molecule has 150 valence electrons. The number of rotatable bonds is 7. The first-order valence-electron chi connectivity index (χ1n) is 9.53. The van der Waals surface area contributed by atoms with Crippen LogP contribution in [0.2, 0.25) is 0 Å². The van der Waals surface area contributed by atoms with Crippen LogP contribution in [0.5, 0.6) is 5.75 Å². The van der Waals surface area contributed by atoms with Crippen molar-refractivity contribution in [2.75, 3.05) is 13.2 Å². The van der Waals surface area contributed by atoms with Gasteiger partial charge in [-0.15, -0.1) is 0 Å². The van der Waals surface area contributed by atoms with Crippen molar-refractivity contribution in [2.24, 2.45) is 0 Å². The fourth-order valence-electron chi connectivity index (χ4n) is 3.88. The van der Waals surface area contributed by atoms with Crippen molar-refractivity contribution >= 4 is 17.5 Å². The molecule has 2 aliphatic rings. The Bertz CT molecular complexity index is 933. The van der Waals surface area contributed by atoms with Gasteiger partial charge in [0.15, 0.2) is 12.4 Å². The molecule has 1 aliphatic heterocycles. The summed E-state index contributed by atoms with van der Waals surface area (Å²) in [5.41, 5.74) is 1.04. The standard InChI is InChI=1S/C21H21N3O5/c25-20(13-29-19-9-5-4-8-17(19)24(27)28)22-15-10-21(26)23(12-15)18-11-16(18)14-6-2-1-3-7-14/h1-9,15-16,18H,10-13H2,(H,22,25)/t15-,16-,18+/m1/s1. The summed E-state index contributed by atoms with van der Waals surface area (Å²) in [4.78, 5) is 36.9. The molecule has 29 heavy (non-hydrogen) atoms. The molecule has 0 bridgehead atoms. The van der Waals surface area contributed by atoms with Crippen molar-refractivity contribution in [3.63, 3.8) is 0 Å². The van der Waals surface area contributed by atoms with Crippen LogP contribution in [0.3, 0.4) is 0 Å². The molecule has 2 aromatic carbocycles. The van der Waals surface area contributed by atoms with Gasteiger partial charge in [-0.2, -0.15) is 0 Å². The van der Waals surface area contributed by atoms with Crippen LogP contribution in [0.25, 0.3) is 0 Å². The van der Waals surface area contributed by atoms with E-state index in [1.54, 1.807) is 6.07 Å². The third-order valence-electron chi connectivity index (χ3n) is 5.33. The summed E-state index contributed by atoms with van der Waals surface area (Å²) in [6.07, 6.45) is 1.20. The van der Waals surface area contributed by atoms with Gasteiger partial charge in [-0.3, -0.25) is 19.7 Å². The zero-order valence-electron chi connectivity index (χ0n) is 15.7. The maximum atomic E-state index is 12.4. The Balaban J connectivity index is 1.28. The van der Waals surface area contributed by atoms with E-state index in [0.29, 0.717) is 12.5 Å². The number of amides is 2. The smallest absolute Gasteiger partial charge is 0.310 e. The van der Waals surface area contributed by atoms with E-state index in [0.717, 1.165) is 6.42 Å². The van der Waals surface area contributed by atoms with Crippen LogP contribution in [0.15, 0.2) is 54.6 Å². The van der Waals surface area contributed by atoms with Gasteiger partial charge in [-0.25, -0.2) is 0 Å². The van der Waals surface area contributed by atoms with Gasteiger partial charge in [0.2, 0.25) is 5.91 Å². The molecule has 0 aromatic heterocycles. The van der Waals surface area contributed by atoms with E-state index in [2.05, 4.69) is 17.4 Å². The van der Waals surface area contributed by atoms with Crippen LogP contribution in [-0.4, -0.2) is 46.9 Å². The molecule has 0 unspecified atom stereocenters. The van der Waals surface area contributed by atoms with Gasteiger partial charge in [0.25, 0.3) is 5.91 Å². The number of carbonyl (C=O) groups is 2. The van der Waals surface area contributed by atoms with Crippen molar-refractivity contribution in [3.05, 3.63) is 70.3 Å². The van der Waals surface area contributed by atoms with Gasteiger partial charge >= 0.3 is 5.69 Å². The molecule has 1 saturated carbocycles. The Hall–Kier alpha value is -3.42. The van der Waals surface area contributed by atoms with E-state index in [1.165, 1.54) is 23.8 Å². The Labute approximate surface area is 167 Å². The molecular weight excluding hydrogens is 374 g/mol. The number of ether oxygens (including phenoxy) is 1. The van der Waals surface area contributed by atoms with Crippen LogP contribution in [0, 0.1) is 10.1 Å². The highest BCUT2D eigenvalue weighted by Gasteiger charge is 2.47. The normalized spacial score (nSPS) is 23.0. The average Bonchev–Trinajstić information content (AvgIpc) is 3.43. The highest BCUT2D eigenvalue weighted by atomic mass is 16.6. The number of nitro benzene ring substituents is 1. The summed E-state index contributed by atoms with van der Waals surface area (Å²) >= 11 is 0. The lowest BCUT2D eigenvalue weighted by atomic mass is 10.1. The molecule has 8 nitrogen and oxygen atoms in total. The number of benzene rings is 2. The Morgan fingerprint density at radius 1 is 1.17 bits per heavy atom. The summed E-state index contributed by atoms with van der Waals surface area (Å²) in [5, 5.41) is 13.8. The number of nitrogens with one attached hydrogen (secondary N) is 1. The highest BCUT2D eigenvalue weighted by molar-refractivity contribution is 5.83. The molecule has 2 amide bonds. The van der Waals surface area contributed by atoms with Crippen LogP contribution in [0.1, 0.15) is 24.3 Å². The lowest BCUT2D eigenvalue weighted by Gasteiger charge is -2.17. The fourth-order valence-corrected chi connectivity index (χ4v) is 3.88. The van der Waals surface area contributed by atoms with E-state index in [9.17, 15) is 19.7 Å². The highest BCUT2D eigenvalue weighted by Crippen LogP contribution is 2.45. The fraction of sp³-hybridized carbons (Fsp3) is 0.333. The molecule has 0 radical (unpaired) electrons. The topological polar surface area (TPSA) is 102 Å². The number of para-hydroxylation sites is 2. The van der Waals surface area contributed by atoms with Gasteiger partial charge in [0.1, 0.15) is 0 Å². The quantitative estimate of drug-likeness (QED) is 0.572. The SMILES string of the molecule is O=C(COc1ccccc1[N+](=O)[O-])N[C@@H]1CC(=O)N([C@H]2C[C@@H]2c2ccccc2)C1. The van der Waals surface area contributed by atoms with Crippen molar-refractivity contribution in [1.29, 1.82) is 0 Å². The number of hydrogen-bond acceptors (Lipinski definition) is 5. The largest absolute Gasteiger partial charge is 0.477 e. The molecular formula is C21H21N3O5. The van der Waals surface area contributed by atoms with Crippen LogP contribution >= 0.6 is 0 Å². The summed E-state index contributed by atoms with van der Waals surface area (Å²) in [5.74, 6) is 0.0357. The van der Waals surface area contributed by atoms with Gasteiger partial charge < -0.3 is 15.0 Å². The maximum Gasteiger partial charge on any atom is 0.310 e. The number of nitro groups is 1. The lowest BCUT2D eigenvalue weighted by Crippen LogP contribution is -2.40. The van der Waals surface area contributed by atoms with Gasteiger partial charge in [0.05, 0.1) is 11.0 Å². The third kappa shape index (κ3) is 4.21. The number of likely N-dealkylation sites (tertiary alicyclic amines) is 1. The molecule has 1 N–H and O–H groups in total. The van der Waals surface area contributed by atoms with Crippen molar-refractivity contribution in [1.82, 2.24) is 10.2 Å². The molecule has 3 atom stereocenters. The molecule has 2 aromatic rings. The summed E-state index contributed by atoms with van der Waals surface area (Å²) < 4.78 is 5.31. The number of hydrogen-bond donors (Lipinski definition) is 1. The molecule has 0 spiro atoms. The van der Waals surface area contributed by atoms with E-state index >= 15 is 0 Å². The maximum absolute atomic E-state index is 12.4. The summed E-state index contributed by atoms with van der Waals surface area (Å²) in [7, 11) is 0. The van der Waals surface area contributed by atoms with Gasteiger partial charge in [-0.1, -0.05) is 42.5 Å². The van der Waals surface area contributed by atoms with E-state index < -0.39 is 10.8 Å². The zero-order valence-corrected chi connectivity index (χ0v) is 15.7. The Morgan fingerprint density at radius 3 is 2.66 bits per heavy atom. The first-order chi connectivity index (χ1) is 14.0. The predicted molar refractivity (Wildman–Crippen MR) is 104 cm³/mol. The van der Waals surface area contributed by atoms with Crippen LogP contribution in [0.4, 0.5) is 5.69 Å². The summed E-state index contributed by atoms with van der Waals surface area (Å²) in [6.45, 7) is 0.135.